The average Bonchev–Trinajstić information content (AvgIpc) is 2.85. The van der Waals surface area contributed by atoms with Crippen LogP contribution >= 0.6 is 22.9 Å². The fraction of sp³-hybridized carbons (Fsp3) is 0.500. The number of nitrogens with zero attached hydrogens (tertiary/aromatic N) is 1. The third-order valence-electron chi connectivity index (χ3n) is 3.97. The van der Waals surface area contributed by atoms with E-state index in [0.29, 0.717) is 23.6 Å². The molecule has 4 amide bonds. The Kier molecular flexibility index (Phi) is 4.68. The van der Waals surface area contributed by atoms with Gasteiger partial charge in [0.2, 0.25) is 11.8 Å². The lowest BCUT2D eigenvalue weighted by Crippen LogP contribution is -2.63. The van der Waals surface area contributed by atoms with E-state index in [0.717, 1.165) is 9.78 Å². The van der Waals surface area contributed by atoms with Gasteiger partial charge in [0.05, 0.1) is 4.34 Å². The van der Waals surface area contributed by atoms with Crippen molar-refractivity contribution in [3.05, 3.63) is 21.3 Å². The molecule has 0 spiro atoms. The van der Waals surface area contributed by atoms with Gasteiger partial charge in [0.25, 0.3) is 0 Å². The summed E-state index contributed by atoms with van der Waals surface area (Å²) in [7, 11) is 0. The molecule has 0 atom stereocenters. The summed E-state index contributed by atoms with van der Waals surface area (Å²) in [6.45, 7) is 3.82. The van der Waals surface area contributed by atoms with Crippen molar-refractivity contribution in [1.82, 2.24) is 10.2 Å². The van der Waals surface area contributed by atoms with Crippen molar-refractivity contribution in [1.29, 1.82) is 0 Å². The van der Waals surface area contributed by atoms with Crippen LogP contribution in [0.1, 0.15) is 31.6 Å². The van der Waals surface area contributed by atoms with E-state index in [4.69, 9.17) is 11.6 Å². The minimum atomic E-state index is -1.12. The summed E-state index contributed by atoms with van der Waals surface area (Å²) < 4.78 is 0.672. The van der Waals surface area contributed by atoms with Crippen LogP contribution in [0.25, 0.3) is 0 Å². The highest BCUT2D eigenvalue weighted by Crippen LogP contribution is 2.32. The maximum Gasteiger partial charge on any atom is 0.330 e. The Labute approximate surface area is 132 Å². The van der Waals surface area contributed by atoms with Gasteiger partial charge in [-0.2, -0.15) is 0 Å². The fourth-order valence-electron chi connectivity index (χ4n) is 2.52. The van der Waals surface area contributed by atoms with Gasteiger partial charge >= 0.3 is 6.03 Å². The average molecular weight is 329 g/mol. The smallest absolute Gasteiger partial charge is 0.277 e. The Morgan fingerprint density at radius 1 is 1.24 bits per heavy atom. The van der Waals surface area contributed by atoms with Crippen molar-refractivity contribution < 1.29 is 14.4 Å². The first-order chi connectivity index (χ1) is 9.94. The second kappa shape index (κ2) is 6.15. The molecule has 114 valence electrons. The minimum absolute atomic E-state index is 0.247. The predicted molar refractivity (Wildman–Crippen MR) is 81.3 cm³/mol. The molecule has 0 unspecified atom stereocenters. The van der Waals surface area contributed by atoms with Crippen molar-refractivity contribution in [2.45, 2.75) is 33.1 Å². The summed E-state index contributed by atoms with van der Waals surface area (Å²) in [6, 6.07) is 3.02. The molecule has 1 N–H and O–H groups in total. The van der Waals surface area contributed by atoms with Gasteiger partial charge < -0.3 is 0 Å². The zero-order valence-electron chi connectivity index (χ0n) is 11.9. The Balaban J connectivity index is 2.16. The van der Waals surface area contributed by atoms with Crippen LogP contribution in [0.2, 0.25) is 4.34 Å². The molecule has 1 saturated heterocycles. The zero-order chi connectivity index (χ0) is 15.6. The number of carbonyl (C=O) groups is 3. The topological polar surface area (TPSA) is 66.5 Å². The highest BCUT2D eigenvalue weighted by Gasteiger charge is 2.51. The van der Waals surface area contributed by atoms with E-state index in [1.165, 1.54) is 11.3 Å². The van der Waals surface area contributed by atoms with Crippen molar-refractivity contribution in [2.24, 2.45) is 5.41 Å². The zero-order valence-corrected chi connectivity index (χ0v) is 13.5. The first-order valence-electron chi connectivity index (χ1n) is 6.86. The standard InChI is InChI=1S/C14H17ClN2O3S/c1-3-14(4-2)11(18)16-13(20)17(12(14)19)8-7-9-5-6-10(15)21-9/h5-6H,3-4,7-8H2,1-2H3,(H,16,18,20). The monoisotopic (exact) mass is 328 g/mol. The second-order valence-corrected chi connectivity index (χ2v) is 6.76. The van der Waals surface area contributed by atoms with Crippen molar-refractivity contribution in [3.8, 4) is 0 Å². The third-order valence-corrected chi connectivity index (χ3v) is 5.26. The molecule has 1 aliphatic rings. The maximum atomic E-state index is 12.6. The van der Waals surface area contributed by atoms with Gasteiger partial charge in [-0.3, -0.25) is 19.8 Å². The van der Waals surface area contributed by atoms with E-state index in [1.807, 2.05) is 6.07 Å². The molecule has 1 fully saturated rings. The van der Waals surface area contributed by atoms with Gasteiger partial charge in [-0.1, -0.05) is 25.4 Å². The SMILES string of the molecule is CCC1(CC)C(=O)NC(=O)N(CCc2ccc(Cl)s2)C1=O. The van der Waals surface area contributed by atoms with Crippen LogP contribution in [0.4, 0.5) is 4.79 Å². The van der Waals surface area contributed by atoms with E-state index < -0.39 is 23.3 Å². The van der Waals surface area contributed by atoms with Crippen LogP contribution in [0.3, 0.4) is 0 Å². The van der Waals surface area contributed by atoms with E-state index in [9.17, 15) is 14.4 Å². The molecular formula is C14H17ClN2O3S. The number of nitrogens with one attached hydrogen (secondary N) is 1. The van der Waals surface area contributed by atoms with Crippen LogP contribution in [-0.2, 0) is 16.0 Å². The van der Waals surface area contributed by atoms with Gasteiger partial charge in [0.15, 0.2) is 0 Å². The number of hydrogen-bond acceptors (Lipinski definition) is 4. The molecule has 21 heavy (non-hydrogen) atoms. The van der Waals surface area contributed by atoms with E-state index in [-0.39, 0.29) is 6.54 Å². The number of amides is 4. The highest BCUT2D eigenvalue weighted by molar-refractivity contribution is 7.16. The largest absolute Gasteiger partial charge is 0.330 e. The van der Waals surface area contributed by atoms with Crippen LogP contribution in [0.5, 0.6) is 0 Å². The minimum Gasteiger partial charge on any atom is -0.277 e. The summed E-state index contributed by atoms with van der Waals surface area (Å²) in [5.41, 5.74) is -1.12. The van der Waals surface area contributed by atoms with E-state index >= 15 is 0 Å². The van der Waals surface area contributed by atoms with Crippen molar-refractivity contribution >= 4 is 40.8 Å². The number of thiophene rings is 1. The molecule has 7 heteroatoms. The Hall–Kier alpha value is -1.40. The molecule has 2 rings (SSSR count). The van der Waals surface area contributed by atoms with Crippen molar-refractivity contribution in [2.75, 3.05) is 6.54 Å². The van der Waals surface area contributed by atoms with Gasteiger partial charge in [-0.15, -0.1) is 11.3 Å². The summed E-state index contributed by atoms with van der Waals surface area (Å²) >= 11 is 7.28. The number of halogens is 1. The lowest BCUT2D eigenvalue weighted by molar-refractivity contribution is -0.152. The van der Waals surface area contributed by atoms with Crippen LogP contribution in [0.15, 0.2) is 12.1 Å². The normalized spacial score (nSPS) is 18.0. The summed E-state index contributed by atoms with van der Waals surface area (Å²) in [6.07, 6.45) is 1.29. The molecule has 0 aliphatic carbocycles. The van der Waals surface area contributed by atoms with Crippen LogP contribution in [-0.4, -0.2) is 29.3 Å². The van der Waals surface area contributed by atoms with E-state index in [1.54, 1.807) is 19.9 Å². The Morgan fingerprint density at radius 2 is 1.90 bits per heavy atom. The Bertz CT molecular complexity index is 581. The molecule has 0 bridgehead atoms. The van der Waals surface area contributed by atoms with Crippen LogP contribution < -0.4 is 5.32 Å². The number of barbiturate groups is 1. The number of carbonyl (C=O) groups excluding carboxylic acids is 3. The van der Waals surface area contributed by atoms with Crippen LogP contribution in [0, 0.1) is 5.41 Å². The third kappa shape index (κ3) is 2.82. The predicted octanol–water partition coefficient (Wildman–Crippen LogP) is 2.83. The molecular weight excluding hydrogens is 312 g/mol. The molecule has 1 aromatic rings. The molecule has 5 nitrogen and oxygen atoms in total. The van der Waals surface area contributed by atoms with E-state index in [2.05, 4.69) is 5.32 Å². The maximum absolute atomic E-state index is 12.6. The molecule has 1 aromatic heterocycles. The number of hydrogen-bond donors (Lipinski definition) is 1. The fourth-order valence-corrected chi connectivity index (χ4v) is 3.59. The lowest BCUT2D eigenvalue weighted by atomic mass is 9.78. The first-order valence-corrected chi connectivity index (χ1v) is 8.05. The number of imide groups is 2. The second-order valence-electron chi connectivity index (χ2n) is 4.96. The Morgan fingerprint density at radius 3 is 2.43 bits per heavy atom. The van der Waals surface area contributed by atoms with Crippen molar-refractivity contribution in [3.63, 3.8) is 0 Å². The molecule has 2 heterocycles. The summed E-state index contributed by atoms with van der Waals surface area (Å²) in [5, 5.41) is 2.30. The molecule has 0 aromatic carbocycles. The lowest BCUT2D eigenvalue weighted by Gasteiger charge is -2.38. The van der Waals surface area contributed by atoms with Gasteiger partial charge in [0.1, 0.15) is 5.41 Å². The van der Waals surface area contributed by atoms with Gasteiger partial charge in [-0.05, 0) is 25.0 Å². The summed E-state index contributed by atoms with van der Waals surface area (Å²) in [5.74, 6) is -0.887. The number of rotatable bonds is 5. The van der Waals surface area contributed by atoms with Gasteiger partial charge in [0, 0.05) is 17.8 Å². The molecule has 1 aliphatic heterocycles. The highest BCUT2D eigenvalue weighted by atomic mass is 35.5. The number of urea groups is 1. The quantitative estimate of drug-likeness (QED) is 0.845. The molecule has 0 saturated carbocycles. The first kappa shape index (κ1) is 16.0. The molecule has 0 radical (unpaired) electrons. The van der Waals surface area contributed by atoms with Gasteiger partial charge in [-0.25, -0.2) is 4.79 Å². The summed E-state index contributed by atoms with van der Waals surface area (Å²) in [4.78, 5) is 38.7.